The molecule has 1 unspecified atom stereocenters. The average Bonchev–Trinajstić information content (AvgIpc) is 2.39. The van der Waals surface area contributed by atoms with E-state index < -0.39 is 0 Å². The fourth-order valence-electron chi connectivity index (χ4n) is 2.94. The van der Waals surface area contributed by atoms with Gasteiger partial charge in [0, 0.05) is 0 Å². The Morgan fingerprint density at radius 1 is 0.737 bits per heavy atom. The zero-order chi connectivity index (χ0) is 14.6. The van der Waals surface area contributed by atoms with E-state index in [1.165, 1.54) is 52.6 Å². The van der Waals surface area contributed by atoms with Crippen molar-refractivity contribution in [2.75, 3.05) is 0 Å². The summed E-state index contributed by atoms with van der Waals surface area (Å²) in [7, 11) is 0. The van der Waals surface area contributed by atoms with E-state index >= 15 is 0 Å². The van der Waals surface area contributed by atoms with E-state index in [9.17, 15) is 5.11 Å². The molecule has 1 N–H and O–H groups in total. The van der Waals surface area contributed by atoms with Gasteiger partial charge in [-0.05, 0) is 74.4 Å². The summed E-state index contributed by atoms with van der Waals surface area (Å²) in [6.07, 6.45) is 5.47. The van der Waals surface area contributed by atoms with Gasteiger partial charge in [0.25, 0.3) is 0 Å². The second-order valence-corrected chi connectivity index (χ2v) is 5.90. The Labute approximate surface area is 119 Å². The standard InChI is InChI=1S/C18H30O/c1-7-8-9-10-11-17(19)18-15(5)13(3)12(2)14(4)16(18)6/h17,19H,7-11H2,1-6H3. The highest BCUT2D eigenvalue weighted by molar-refractivity contribution is 5.50. The van der Waals surface area contributed by atoms with Gasteiger partial charge in [0.1, 0.15) is 0 Å². The van der Waals surface area contributed by atoms with E-state index in [1.807, 2.05) is 0 Å². The van der Waals surface area contributed by atoms with Crippen LogP contribution in [0.15, 0.2) is 0 Å². The molecule has 1 rings (SSSR count). The lowest BCUT2D eigenvalue weighted by Crippen LogP contribution is -2.08. The Morgan fingerprint density at radius 3 is 1.68 bits per heavy atom. The van der Waals surface area contributed by atoms with Gasteiger partial charge in [-0.3, -0.25) is 0 Å². The molecule has 0 bridgehead atoms. The fourth-order valence-corrected chi connectivity index (χ4v) is 2.94. The Morgan fingerprint density at radius 2 is 1.21 bits per heavy atom. The first-order chi connectivity index (χ1) is 8.91. The molecular formula is C18H30O. The molecule has 0 heterocycles. The SMILES string of the molecule is CCCCCCC(O)c1c(C)c(C)c(C)c(C)c1C. The molecule has 1 nitrogen and oxygen atoms in total. The molecule has 0 saturated heterocycles. The molecular weight excluding hydrogens is 232 g/mol. The van der Waals surface area contributed by atoms with Gasteiger partial charge >= 0.3 is 0 Å². The molecule has 0 radical (unpaired) electrons. The summed E-state index contributed by atoms with van der Waals surface area (Å²) in [6.45, 7) is 13.0. The quantitative estimate of drug-likeness (QED) is 0.696. The van der Waals surface area contributed by atoms with Crippen LogP contribution in [0.3, 0.4) is 0 Å². The molecule has 0 aromatic heterocycles. The van der Waals surface area contributed by atoms with E-state index in [-0.39, 0.29) is 6.10 Å². The molecule has 1 aromatic carbocycles. The zero-order valence-corrected chi connectivity index (χ0v) is 13.6. The summed E-state index contributed by atoms with van der Waals surface area (Å²) in [5.74, 6) is 0. The molecule has 0 fully saturated rings. The maximum Gasteiger partial charge on any atom is 0.0795 e. The highest BCUT2D eigenvalue weighted by atomic mass is 16.3. The van der Waals surface area contributed by atoms with Crippen molar-refractivity contribution in [1.29, 1.82) is 0 Å². The Balaban J connectivity index is 2.94. The molecule has 1 aromatic rings. The number of hydrogen-bond acceptors (Lipinski definition) is 1. The first-order valence-electron chi connectivity index (χ1n) is 7.66. The van der Waals surface area contributed by atoms with Crippen LogP contribution < -0.4 is 0 Å². The van der Waals surface area contributed by atoms with Crippen molar-refractivity contribution < 1.29 is 5.11 Å². The molecule has 1 atom stereocenters. The predicted octanol–water partition coefficient (Wildman–Crippen LogP) is 5.23. The average molecular weight is 262 g/mol. The van der Waals surface area contributed by atoms with Crippen molar-refractivity contribution in [1.82, 2.24) is 0 Å². The monoisotopic (exact) mass is 262 g/mol. The largest absolute Gasteiger partial charge is 0.388 e. The van der Waals surface area contributed by atoms with Gasteiger partial charge in [-0.25, -0.2) is 0 Å². The normalized spacial score (nSPS) is 12.8. The van der Waals surface area contributed by atoms with Gasteiger partial charge in [0.2, 0.25) is 0 Å². The molecule has 0 spiro atoms. The minimum Gasteiger partial charge on any atom is -0.388 e. The molecule has 0 aliphatic rings. The Bertz CT molecular complexity index is 403. The molecule has 0 aliphatic carbocycles. The number of hydrogen-bond donors (Lipinski definition) is 1. The van der Waals surface area contributed by atoms with Crippen molar-refractivity contribution in [2.24, 2.45) is 0 Å². The maximum absolute atomic E-state index is 10.5. The van der Waals surface area contributed by atoms with Crippen LogP contribution in [-0.4, -0.2) is 5.11 Å². The van der Waals surface area contributed by atoms with Crippen LogP contribution in [0.2, 0.25) is 0 Å². The van der Waals surface area contributed by atoms with Crippen LogP contribution in [0.1, 0.15) is 78.5 Å². The number of rotatable bonds is 6. The van der Waals surface area contributed by atoms with Gasteiger partial charge in [-0.15, -0.1) is 0 Å². The summed E-state index contributed by atoms with van der Waals surface area (Å²) < 4.78 is 0. The third kappa shape index (κ3) is 3.60. The van der Waals surface area contributed by atoms with Crippen LogP contribution in [0.4, 0.5) is 0 Å². The fraction of sp³-hybridized carbons (Fsp3) is 0.667. The van der Waals surface area contributed by atoms with Gasteiger partial charge in [-0.1, -0.05) is 32.6 Å². The van der Waals surface area contributed by atoms with Gasteiger partial charge in [-0.2, -0.15) is 0 Å². The third-order valence-electron chi connectivity index (χ3n) is 4.72. The number of aliphatic hydroxyl groups is 1. The van der Waals surface area contributed by atoms with E-state index in [1.54, 1.807) is 0 Å². The van der Waals surface area contributed by atoms with Crippen molar-refractivity contribution in [3.8, 4) is 0 Å². The summed E-state index contributed by atoms with van der Waals surface area (Å²) in [5, 5.41) is 10.5. The second-order valence-electron chi connectivity index (χ2n) is 5.90. The maximum atomic E-state index is 10.5. The lowest BCUT2D eigenvalue weighted by Gasteiger charge is -2.22. The molecule has 0 amide bonds. The van der Waals surface area contributed by atoms with Gasteiger partial charge in [0.15, 0.2) is 0 Å². The Hall–Kier alpha value is -0.820. The lowest BCUT2D eigenvalue weighted by atomic mass is 9.86. The number of benzene rings is 1. The highest BCUT2D eigenvalue weighted by Gasteiger charge is 2.18. The molecule has 0 saturated carbocycles. The minimum absolute atomic E-state index is 0.296. The van der Waals surface area contributed by atoms with Gasteiger partial charge < -0.3 is 5.11 Å². The number of unbranched alkanes of at least 4 members (excludes halogenated alkanes) is 3. The second kappa shape index (κ2) is 7.09. The van der Waals surface area contributed by atoms with Crippen molar-refractivity contribution in [2.45, 2.75) is 79.8 Å². The van der Waals surface area contributed by atoms with E-state index in [2.05, 4.69) is 41.5 Å². The van der Waals surface area contributed by atoms with Crippen LogP contribution >= 0.6 is 0 Å². The van der Waals surface area contributed by atoms with E-state index in [0.29, 0.717) is 0 Å². The first-order valence-corrected chi connectivity index (χ1v) is 7.66. The molecule has 1 heteroatoms. The molecule has 108 valence electrons. The van der Waals surface area contributed by atoms with Crippen molar-refractivity contribution in [3.63, 3.8) is 0 Å². The third-order valence-corrected chi connectivity index (χ3v) is 4.72. The summed E-state index contributed by atoms with van der Waals surface area (Å²) >= 11 is 0. The van der Waals surface area contributed by atoms with Crippen molar-refractivity contribution >= 4 is 0 Å². The lowest BCUT2D eigenvalue weighted by molar-refractivity contribution is 0.162. The number of aliphatic hydroxyl groups excluding tert-OH is 1. The van der Waals surface area contributed by atoms with Crippen LogP contribution in [-0.2, 0) is 0 Å². The minimum atomic E-state index is -0.296. The summed E-state index contributed by atoms with van der Waals surface area (Å²) in [6, 6.07) is 0. The van der Waals surface area contributed by atoms with E-state index in [4.69, 9.17) is 0 Å². The molecule has 19 heavy (non-hydrogen) atoms. The van der Waals surface area contributed by atoms with Crippen molar-refractivity contribution in [3.05, 3.63) is 33.4 Å². The Kier molecular flexibility index (Phi) is 6.06. The summed E-state index contributed by atoms with van der Waals surface area (Å²) in [4.78, 5) is 0. The predicted molar refractivity (Wildman–Crippen MR) is 83.8 cm³/mol. The van der Waals surface area contributed by atoms with E-state index in [0.717, 1.165) is 12.8 Å². The first kappa shape index (κ1) is 16.2. The van der Waals surface area contributed by atoms with Gasteiger partial charge in [0.05, 0.1) is 6.10 Å². The topological polar surface area (TPSA) is 20.2 Å². The summed E-state index contributed by atoms with van der Waals surface area (Å²) in [5.41, 5.74) is 7.79. The van der Waals surface area contributed by atoms with Crippen LogP contribution in [0.25, 0.3) is 0 Å². The molecule has 0 aliphatic heterocycles. The zero-order valence-electron chi connectivity index (χ0n) is 13.6. The van der Waals surface area contributed by atoms with Crippen LogP contribution in [0.5, 0.6) is 0 Å². The smallest absolute Gasteiger partial charge is 0.0795 e. The van der Waals surface area contributed by atoms with Crippen LogP contribution in [0, 0.1) is 34.6 Å². The highest BCUT2D eigenvalue weighted by Crippen LogP contribution is 2.32.